The summed E-state index contributed by atoms with van der Waals surface area (Å²) in [6.45, 7) is 1.75. The van der Waals surface area contributed by atoms with Crippen LogP contribution in [0.15, 0.2) is 47.6 Å². The van der Waals surface area contributed by atoms with Crippen LogP contribution >= 0.6 is 34.8 Å². The Morgan fingerprint density at radius 3 is 2.24 bits per heavy atom. The van der Waals surface area contributed by atoms with Crippen LogP contribution in [0.3, 0.4) is 0 Å². The SMILES string of the molecule is C/C(=N/NC(=O)c1ccc(Cl)cc1)c1ccc(Cl)cc1Cl. The smallest absolute Gasteiger partial charge is 0.267 e. The van der Waals surface area contributed by atoms with Gasteiger partial charge < -0.3 is 0 Å². The van der Waals surface area contributed by atoms with Gasteiger partial charge in [-0.1, -0.05) is 40.9 Å². The van der Waals surface area contributed by atoms with Crippen molar-refractivity contribution in [2.45, 2.75) is 6.92 Å². The van der Waals surface area contributed by atoms with Crippen molar-refractivity contribution in [1.82, 2.24) is 5.43 Å². The minimum absolute atomic E-state index is 0.323. The molecule has 0 unspecified atom stereocenters. The number of hydrogen-bond donors (Lipinski definition) is 1. The minimum atomic E-state index is -0.323. The van der Waals surface area contributed by atoms with Crippen molar-refractivity contribution in [3.63, 3.8) is 0 Å². The molecule has 0 saturated carbocycles. The molecule has 0 aliphatic carbocycles. The molecule has 2 aromatic rings. The summed E-state index contributed by atoms with van der Waals surface area (Å²) < 4.78 is 0. The number of rotatable bonds is 3. The Morgan fingerprint density at radius 2 is 1.62 bits per heavy atom. The van der Waals surface area contributed by atoms with Gasteiger partial charge in [-0.15, -0.1) is 0 Å². The highest BCUT2D eigenvalue weighted by molar-refractivity contribution is 6.37. The van der Waals surface area contributed by atoms with Gasteiger partial charge in [0.25, 0.3) is 5.91 Å². The molecule has 0 saturated heterocycles. The second-order valence-corrected chi connectivity index (χ2v) is 5.55. The summed E-state index contributed by atoms with van der Waals surface area (Å²) in [5, 5.41) is 5.63. The largest absolute Gasteiger partial charge is 0.271 e. The molecule has 3 nitrogen and oxygen atoms in total. The fraction of sp³-hybridized carbons (Fsp3) is 0.0667. The molecule has 0 fully saturated rings. The first-order valence-electron chi connectivity index (χ1n) is 6.03. The molecule has 0 radical (unpaired) electrons. The maximum atomic E-state index is 11.9. The standard InChI is InChI=1S/C15H11Cl3N2O/c1-9(13-7-6-12(17)8-14(13)18)19-20-15(21)10-2-4-11(16)5-3-10/h2-8H,1H3,(H,20,21)/b19-9-. The van der Waals surface area contributed by atoms with E-state index in [-0.39, 0.29) is 5.91 Å². The number of carbonyl (C=O) groups excluding carboxylic acids is 1. The molecule has 0 atom stereocenters. The van der Waals surface area contributed by atoms with E-state index in [0.29, 0.717) is 31.9 Å². The van der Waals surface area contributed by atoms with E-state index >= 15 is 0 Å². The molecule has 6 heteroatoms. The Morgan fingerprint density at radius 1 is 1.00 bits per heavy atom. The first-order chi connectivity index (χ1) is 9.97. The van der Waals surface area contributed by atoms with Crippen LogP contribution in [-0.4, -0.2) is 11.6 Å². The minimum Gasteiger partial charge on any atom is -0.267 e. The second kappa shape index (κ2) is 6.94. The molecule has 0 aromatic heterocycles. The van der Waals surface area contributed by atoms with Gasteiger partial charge in [0.2, 0.25) is 0 Å². The van der Waals surface area contributed by atoms with Gasteiger partial charge in [-0.25, -0.2) is 5.43 Å². The van der Waals surface area contributed by atoms with Crippen LogP contribution in [0.2, 0.25) is 15.1 Å². The first kappa shape index (κ1) is 15.8. The van der Waals surface area contributed by atoms with Gasteiger partial charge in [0, 0.05) is 21.2 Å². The number of halogens is 3. The molecule has 1 amide bonds. The second-order valence-electron chi connectivity index (χ2n) is 4.27. The number of hydrazone groups is 1. The number of benzene rings is 2. The van der Waals surface area contributed by atoms with Crippen molar-refractivity contribution in [3.05, 3.63) is 68.7 Å². The number of amides is 1. The quantitative estimate of drug-likeness (QED) is 0.632. The van der Waals surface area contributed by atoms with E-state index in [2.05, 4.69) is 10.5 Å². The zero-order valence-corrected chi connectivity index (χ0v) is 13.3. The molecule has 21 heavy (non-hydrogen) atoms. The van der Waals surface area contributed by atoms with Crippen molar-refractivity contribution in [2.24, 2.45) is 5.10 Å². The highest BCUT2D eigenvalue weighted by atomic mass is 35.5. The highest BCUT2D eigenvalue weighted by Crippen LogP contribution is 2.21. The van der Waals surface area contributed by atoms with Gasteiger partial charge in [0.05, 0.1) is 10.7 Å². The van der Waals surface area contributed by atoms with E-state index in [4.69, 9.17) is 34.8 Å². The van der Waals surface area contributed by atoms with Crippen LogP contribution in [0.4, 0.5) is 0 Å². The van der Waals surface area contributed by atoms with Crippen molar-refractivity contribution in [3.8, 4) is 0 Å². The van der Waals surface area contributed by atoms with Gasteiger partial charge in [-0.3, -0.25) is 4.79 Å². The lowest BCUT2D eigenvalue weighted by atomic mass is 10.1. The van der Waals surface area contributed by atoms with Gasteiger partial charge in [-0.2, -0.15) is 5.10 Å². The maximum Gasteiger partial charge on any atom is 0.271 e. The van der Waals surface area contributed by atoms with E-state index in [9.17, 15) is 4.79 Å². The third kappa shape index (κ3) is 4.21. The molecule has 0 aliphatic rings. The zero-order valence-electron chi connectivity index (χ0n) is 11.0. The molecule has 0 bridgehead atoms. The van der Waals surface area contributed by atoms with Crippen LogP contribution in [0.25, 0.3) is 0 Å². The average molecular weight is 342 g/mol. The maximum absolute atomic E-state index is 11.9. The van der Waals surface area contributed by atoms with Crippen molar-refractivity contribution < 1.29 is 4.79 Å². The number of nitrogens with one attached hydrogen (secondary N) is 1. The van der Waals surface area contributed by atoms with E-state index in [0.717, 1.165) is 0 Å². The van der Waals surface area contributed by atoms with Crippen LogP contribution in [0.5, 0.6) is 0 Å². The lowest BCUT2D eigenvalue weighted by molar-refractivity contribution is 0.0955. The number of hydrogen-bond acceptors (Lipinski definition) is 2. The van der Waals surface area contributed by atoms with Gasteiger partial charge in [0.1, 0.15) is 0 Å². The molecule has 108 valence electrons. The number of carbonyl (C=O) groups is 1. The van der Waals surface area contributed by atoms with E-state index in [1.54, 1.807) is 49.4 Å². The molecule has 0 heterocycles. The van der Waals surface area contributed by atoms with Crippen LogP contribution < -0.4 is 5.43 Å². The molecule has 2 rings (SSSR count). The van der Waals surface area contributed by atoms with E-state index < -0.39 is 0 Å². The molecule has 0 aliphatic heterocycles. The van der Waals surface area contributed by atoms with Crippen LogP contribution in [-0.2, 0) is 0 Å². The Bertz CT molecular complexity index is 697. The van der Waals surface area contributed by atoms with E-state index in [1.165, 1.54) is 0 Å². The van der Waals surface area contributed by atoms with Crippen LogP contribution in [0, 0.1) is 0 Å². The summed E-state index contributed by atoms with van der Waals surface area (Å²) in [4.78, 5) is 11.9. The summed E-state index contributed by atoms with van der Waals surface area (Å²) in [6, 6.07) is 11.6. The Hall–Kier alpha value is -1.55. The topological polar surface area (TPSA) is 41.5 Å². The predicted molar refractivity (Wildman–Crippen MR) is 87.6 cm³/mol. The summed E-state index contributed by atoms with van der Waals surface area (Å²) >= 11 is 17.7. The Balaban J connectivity index is 2.12. The normalized spacial score (nSPS) is 11.3. The average Bonchev–Trinajstić information content (AvgIpc) is 2.45. The fourth-order valence-electron chi connectivity index (χ4n) is 1.64. The van der Waals surface area contributed by atoms with Crippen molar-refractivity contribution in [1.29, 1.82) is 0 Å². The Kier molecular flexibility index (Phi) is 5.23. The first-order valence-corrected chi connectivity index (χ1v) is 7.16. The molecule has 2 aromatic carbocycles. The highest BCUT2D eigenvalue weighted by Gasteiger charge is 2.07. The van der Waals surface area contributed by atoms with Gasteiger partial charge in [-0.05, 0) is 43.3 Å². The number of nitrogens with zero attached hydrogens (tertiary/aromatic N) is 1. The summed E-state index contributed by atoms with van der Waals surface area (Å²) in [7, 11) is 0. The molecular weight excluding hydrogens is 331 g/mol. The fourth-order valence-corrected chi connectivity index (χ4v) is 2.31. The van der Waals surface area contributed by atoms with E-state index in [1.807, 2.05) is 0 Å². The third-order valence-corrected chi connectivity index (χ3v) is 3.55. The van der Waals surface area contributed by atoms with Crippen LogP contribution in [0.1, 0.15) is 22.8 Å². The lowest BCUT2D eigenvalue weighted by Gasteiger charge is -2.05. The summed E-state index contributed by atoms with van der Waals surface area (Å²) in [6.07, 6.45) is 0. The van der Waals surface area contributed by atoms with Gasteiger partial charge >= 0.3 is 0 Å². The van der Waals surface area contributed by atoms with Gasteiger partial charge in [0.15, 0.2) is 0 Å². The molecular formula is C15H11Cl3N2O. The molecule has 0 spiro atoms. The zero-order chi connectivity index (χ0) is 15.4. The van der Waals surface area contributed by atoms with Crippen molar-refractivity contribution in [2.75, 3.05) is 0 Å². The molecule has 1 N–H and O–H groups in total. The summed E-state index contributed by atoms with van der Waals surface area (Å²) in [5.41, 5.74) is 4.23. The Labute approximate surface area is 137 Å². The summed E-state index contributed by atoms with van der Waals surface area (Å²) in [5.74, 6) is -0.323. The monoisotopic (exact) mass is 340 g/mol. The lowest BCUT2D eigenvalue weighted by Crippen LogP contribution is -2.19. The third-order valence-electron chi connectivity index (χ3n) is 2.75. The van der Waals surface area contributed by atoms with Crippen molar-refractivity contribution >= 4 is 46.4 Å². The predicted octanol–water partition coefficient (Wildman–Crippen LogP) is 4.80.